The lowest BCUT2D eigenvalue weighted by molar-refractivity contribution is -0.128. The molecule has 1 saturated carbocycles. The maximum Gasteiger partial charge on any atom is 0.407 e. The number of amides is 2. The molecule has 0 aromatic heterocycles. The number of carbonyl (C=O) groups is 2. The first-order valence-corrected chi connectivity index (χ1v) is 11.0. The zero-order chi connectivity index (χ0) is 21.7. The zero-order valence-corrected chi connectivity index (χ0v) is 18.0. The van der Waals surface area contributed by atoms with Gasteiger partial charge >= 0.3 is 6.09 Å². The summed E-state index contributed by atoms with van der Waals surface area (Å²) in [6.45, 7) is 2.91. The number of hydrogen-bond acceptors (Lipinski definition) is 4. The minimum atomic E-state index is -0.867. The molecule has 3 N–H and O–H groups in total. The van der Waals surface area contributed by atoms with Crippen molar-refractivity contribution in [3.63, 3.8) is 0 Å². The Bertz CT molecular complexity index is 760. The third-order valence-corrected chi connectivity index (χ3v) is 7.19. The number of carboxylic acid groups (broad SMARTS) is 1. The standard InChI is InChI=1S/C23H34N2O5/c1-3-23(10-5-4-6-11-23)20-14-17(9-12-25(20)22(28)29)21(27)24-15-16-7-8-18(26)19(13-16)30-2/h7-8,13,17,20,26H,3-6,9-12,14-15H2,1-2H3,(H,24,27)(H,28,29). The van der Waals surface area contributed by atoms with Crippen LogP contribution in [0.2, 0.25) is 0 Å². The van der Waals surface area contributed by atoms with E-state index in [1.54, 1.807) is 23.1 Å². The van der Waals surface area contributed by atoms with Crippen molar-refractivity contribution in [1.82, 2.24) is 10.2 Å². The number of phenolic OH excluding ortho intramolecular Hbond substituents is 1. The Balaban J connectivity index is 1.69. The molecule has 30 heavy (non-hydrogen) atoms. The zero-order valence-electron chi connectivity index (χ0n) is 18.0. The van der Waals surface area contributed by atoms with Crippen molar-refractivity contribution in [2.24, 2.45) is 11.3 Å². The Morgan fingerprint density at radius 3 is 2.63 bits per heavy atom. The minimum absolute atomic E-state index is 0.0140. The third-order valence-electron chi connectivity index (χ3n) is 7.19. The largest absolute Gasteiger partial charge is 0.504 e. The fourth-order valence-electron chi connectivity index (χ4n) is 5.36. The van der Waals surface area contributed by atoms with E-state index in [4.69, 9.17) is 4.74 Å². The van der Waals surface area contributed by atoms with Crippen molar-refractivity contribution in [2.75, 3.05) is 13.7 Å². The van der Waals surface area contributed by atoms with Crippen LogP contribution in [0.15, 0.2) is 18.2 Å². The van der Waals surface area contributed by atoms with Crippen molar-refractivity contribution < 1.29 is 24.5 Å². The van der Waals surface area contributed by atoms with Gasteiger partial charge < -0.3 is 25.2 Å². The molecule has 0 spiro atoms. The molecule has 0 bridgehead atoms. The van der Waals surface area contributed by atoms with Gasteiger partial charge in [-0.05, 0) is 55.2 Å². The summed E-state index contributed by atoms with van der Waals surface area (Å²) >= 11 is 0. The van der Waals surface area contributed by atoms with Crippen LogP contribution in [0.3, 0.4) is 0 Å². The van der Waals surface area contributed by atoms with Gasteiger partial charge in [0.25, 0.3) is 0 Å². The molecule has 2 unspecified atom stereocenters. The first-order chi connectivity index (χ1) is 14.4. The van der Waals surface area contributed by atoms with Crippen LogP contribution in [0.1, 0.15) is 63.9 Å². The van der Waals surface area contributed by atoms with Gasteiger partial charge in [-0.3, -0.25) is 4.79 Å². The molecule has 2 amide bonds. The summed E-state index contributed by atoms with van der Waals surface area (Å²) in [5.74, 6) is 0.224. The average Bonchev–Trinajstić information content (AvgIpc) is 2.78. The highest BCUT2D eigenvalue weighted by Gasteiger charge is 2.47. The number of carbonyl (C=O) groups excluding carboxylic acids is 1. The van der Waals surface area contributed by atoms with Gasteiger partial charge in [-0.2, -0.15) is 0 Å². The molecule has 2 atom stereocenters. The van der Waals surface area contributed by atoms with Gasteiger partial charge in [-0.15, -0.1) is 0 Å². The minimum Gasteiger partial charge on any atom is -0.504 e. The molecular weight excluding hydrogens is 384 g/mol. The molecule has 1 aromatic rings. The number of benzene rings is 1. The summed E-state index contributed by atoms with van der Waals surface area (Å²) < 4.78 is 5.12. The number of aromatic hydroxyl groups is 1. The second-order valence-corrected chi connectivity index (χ2v) is 8.71. The monoisotopic (exact) mass is 418 g/mol. The van der Waals surface area contributed by atoms with E-state index >= 15 is 0 Å². The van der Waals surface area contributed by atoms with Crippen molar-refractivity contribution in [2.45, 2.75) is 70.9 Å². The molecule has 1 aliphatic carbocycles. The molecule has 166 valence electrons. The summed E-state index contributed by atoms with van der Waals surface area (Å²) in [4.78, 5) is 26.5. The molecular formula is C23H34N2O5. The number of methoxy groups -OCH3 is 1. The number of likely N-dealkylation sites (tertiary alicyclic amines) is 1. The third kappa shape index (κ3) is 4.65. The maximum absolute atomic E-state index is 12.9. The normalized spacial score (nSPS) is 23.6. The Labute approximate surface area is 178 Å². The van der Waals surface area contributed by atoms with Crippen LogP contribution in [0.4, 0.5) is 4.79 Å². The summed E-state index contributed by atoms with van der Waals surface area (Å²) in [7, 11) is 1.49. The second-order valence-electron chi connectivity index (χ2n) is 8.71. The number of ether oxygens (including phenoxy) is 1. The van der Waals surface area contributed by atoms with E-state index in [-0.39, 0.29) is 29.0 Å². The number of phenols is 1. The van der Waals surface area contributed by atoms with E-state index in [1.165, 1.54) is 13.5 Å². The van der Waals surface area contributed by atoms with Crippen LogP contribution in [0.5, 0.6) is 11.5 Å². The predicted octanol–water partition coefficient (Wildman–Crippen LogP) is 4.14. The van der Waals surface area contributed by atoms with Gasteiger partial charge in [0, 0.05) is 25.0 Å². The summed E-state index contributed by atoms with van der Waals surface area (Å²) in [6, 6.07) is 4.91. The smallest absolute Gasteiger partial charge is 0.407 e. The Hall–Kier alpha value is -2.44. The SMILES string of the molecule is CCC1(C2CC(C(=O)NCc3ccc(O)c(OC)c3)CCN2C(=O)O)CCCCC1. The second kappa shape index (κ2) is 9.58. The van der Waals surface area contributed by atoms with E-state index in [1.807, 2.05) is 0 Å². The maximum atomic E-state index is 12.9. The van der Waals surface area contributed by atoms with E-state index in [2.05, 4.69) is 12.2 Å². The number of nitrogens with one attached hydrogen (secondary N) is 1. The van der Waals surface area contributed by atoms with Crippen LogP contribution >= 0.6 is 0 Å². The highest BCUT2D eigenvalue weighted by molar-refractivity contribution is 5.79. The van der Waals surface area contributed by atoms with Gasteiger partial charge in [-0.1, -0.05) is 32.3 Å². The summed E-state index contributed by atoms with van der Waals surface area (Å²) in [5, 5.41) is 22.5. The van der Waals surface area contributed by atoms with E-state index < -0.39 is 6.09 Å². The Kier molecular flexibility index (Phi) is 7.10. The molecule has 7 heteroatoms. The van der Waals surface area contributed by atoms with Crippen LogP contribution < -0.4 is 10.1 Å². The van der Waals surface area contributed by atoms with Gasteiger partial charge in [0.15, 0.2) is 11.5 Å². The van der Waals surface area contributed by atoms with Gasteiger partial charge in [0.1, 0.15) is 0 Å². The van der Waals surface area contributed by atoms with Crippen molar-refractivity contribution in [3.8, 4) is 11.5 Å². The lowest BCUT2D eigenvalue weighted by atomic mass is 9.64. The van der Waals surface area contributed by atoms with Crippen molar-refractivity contribution in [3.05, 3.63) is 23.8 Å². The van der Waals surface area contributed by atoms with E-state index in [0.29, 0.717) is 31.7 Å². The number of nitrogens with zero attached hydrogens (tertiary/aromatic N) is 1. The summed E-state index contributed by atoms with van der Waals surface area (Å²) in [6.07, 6.45) is 6.78. The number of piperidine rings is 1. The number of hydrogen-bond donors (Lipinski definition) is 3. The average molecular weight is 419 g/mol. The fourth-order valence-corrected chi connectivity index (χ4v) is 5.36. The number of rotatable bonds is 6. The lowest BCUT2D eigenvalue weighted by Gasteiger charge is -2.50. The van der Waals surface area contributed by atoms with E-state index in [0.717, 1.165) is 37.7 Å². The summed E-state index contributed by atoms with van der Waals surface area (Å²) in [5.41, 5.74) is 0.828. The quantitative estimate of drug-likeness (QED) is 0.645. The van der Waals surface area contributed by atoms with Gasteiger partial charge in [0.05, 0.1) is 7.11 Å². The molecule has 1 aromatic carbocycles. The molecule has 1 saturated heterocycles. The first kappa shape index (κ1) is 22.2. The molecule has 1 aliphatic heterocycles. The molecule has 1 heterocycles. The molecule has 7 nitrogen and oxygen atoms in total. The lowest BCUT2D eigenvalue weighted by Crippen LogP contribution is -2.56. The van der Waals surface area contributed by atoms with E-state index in [9.17, 15) is 19.8 Å². The first-order valence-electron chi connectivity index (χ1n) is 11.0. The van der Waals surface area contributed by atoms with Crippen LogP contribution in [-0.2, 0) is 11.3 Å². The van der Waals surface area contributed by atoms with Crippen LogP contribution in [0.25, 0.3) is 0 Å². The fraction of sp³-hybridized carbons (Fsp3) is 0.652. The molecule has 2 aliphatic rings. The molecule has 3 rings (SSSR count). The van der Waals surface area contributed by atoms with Crippen molar-refractivity contribution in [1.29, 1.82) is 0 Å². The van der Waals surface area contributed by atoms with Crippen LogP contribution in [0, 0.1) is 11.3 Å². The van der Waals surface area contributed by atoms with Gasteiger partial charge in [0.2, 0.25) is 5.91 Å². The highest BCUT2D eigenvalue weighted by Crippen LogP contribution is 2.47. The Morgan fingerprint density at radius 2 is 2.00 bits per heavy atom. The topological polar surface area (TPSA) is 99.1 Å². The molecule has 2 fully saturated rings. The Morgan fingerprint density at radius 1 is 1.27 bits per heavy atom. The molecule has 0 radical (unpaired) electrons. The van der Waals surface area contributed by atoms with Gasteiger partial charge in [-0.25, -0.2) is 4.79 Å². The van der Waals surface area contributed by atoms with Crippen LogP contribution in [-0.4, -0.2) is 46.8 Å². The van der Waals surface area contributed by atoms with Crippen molar-refractivity contribution >= 4 is 12.0 Å². The predicted molar refractivity (Wildman–Crippen MR) is 114 cm³/mol. The highest BCUT2D eigenvalue weighted by atomic mass is 16.5.